The Morgan fingerprint density at radius 1 is 1.35 bits per heavy atom. The maximum Gasteiger partial charge on any atom is 0.389 e. The van der Waals surface area contributed by atoms with Crippen LogP contribution in [0.4, 0.5) is 24.7 Å². The van der Waals surface area contributed by atoms with Crippen LogP contribution in [0.1, 0.15) is 19.3 Å². The van der Waals surface area contributed by atoms with E-state index >= 15 is 0 Å². The van der Waals surface area contributed by atoms with Gasteiger partial charge in [-0.3, -0.25) is 0 Å². The molecular formula is C10H13ClF3N3. The van der Waals surface area contributed by atoms with Crippen LogP contribution in [0.3, 0.4) is 0 Å². The fourth-order valence-corrected chi connectivity index (χ4v) is 1.43. The van der Waals surface area contributed by atoms with Gasteiger partial charge in [-0.1, -0.05) is 11.6 Å². The third kappa shape index (κ3) is 5.63. The third-order valence-corrected chi connectivity index (χ3v) is 2.27. The van der Waals surface area contributed by atoms with E-state index in [4.69, 9.17) is 17.3 Å². The molecule has 0 aliphatic carbocycles. The van der Waals surface area contributed by atoms with Gasteiger partial charge >= 0.3 is 6.18 Å². The summed E-state index contributed by atoms with van der Waals surface area (Å²) in [6.45, 7) is 0.398. The molecule has 17 heavy (non-hydrogen) atoms. The Hall–Kier alpha value is -1.17. The number of rotatable bonds is 5. The van der Waals surface area contributed by atoms with E-state index in [2.05, 4.69) is 10.3 Å². The molecule has 0 fully saturated rings. The van der Waals surface area contributed by atoms with Crippen LogP contribution in [0, 0.1) is 0 Å². The van der Waals surface area contributed by atoms with Gasteiger partial charge in [0.05, 0.1) is 10.7 Å². The number of aromatic nitrogens is 1. The molecule has 1 heterocycles. The van der Waals surface area contributed by atoms with E-state index in [9.17, 15) is 13.2 Å². The molecule has 1 rings (SSSR count). The predicted octanol–water partition coefficient (Wildman–Crippen LogP) is 3.46. The highest BCUT2D eigenvalue weighted by atomic mass is 35.5. The van der Waals surface area contributed by atoms with Gasteiger partial charge < -0.3 is 11.1 Å². The van der Waals surface area contributed by atoms with E-state index in [-0.39, 0.29) is 6.42 Å². The van der Waals surface area contributed by atoms with Crippen molar-refractivity contribution in [3.8, 4) is 0 Å². The number of anilines is 2. The van der Waals surface area contributed by atoms with Gasteiger partial charge in [0.25, 0.3) is 0 Å². The molecule has 0 spiro atoms. The Labute approximate surface area is 102 Å². The van der Waals surface area contributed by atoms with Gasteiger partial charge in [-0.15, -0.1) is 0 Å². The molecule has 0 aliphatic rings. The van der Waals surface area contributed by atoms with Gasteiger partial charge in [0.2, 0.25) is 0 Å². The van der Waals surface area contributed by atoms with Crippen molar-refractivity contribution in [1.29, 1.82) is 0 Å². The average molecular weight is 268 g/mol. The predicted molar refractivity (Wildman–Crippen MR) is 62.1 cm³/mol. The van der Waals surface area contributed by atoms with E-state index in [1.807, 2.05) is 0 Å². The minimum Gasteiger partial charge on any atom is -0.396 e. The van der Waals surface area contributed by atoms with Crippen molar-refractivity contribution in [3.05, 3.63) is 17.3 Å². The van der Waals surface area contributed by atoms with Gasteiger partial charge in [-0.2, -0.15) is 13.2 Å². The summed E-state index contributed by atoms with van der Waals surface area (Å²) in [6.07, 6.45) is -2.93. The van der Waals surface area contributed by atoms with Crippen LogP contribution in [-0.4, -0.2) is 17.7 Å². The molecule has 0 aromatic carbocycles. The summed E-state index contributed by atoms with van der Waals surface area (Å²) in [5.74, 6) is 0.446. The normalized spacial score (nSPS) is 11.5. The smallest absolute Gasteiger partial charge is 0.389 e. The fourth-order valence-electron chi connectivity index (χ4n) is 1.26. The number of hydrogen-bond acceptors (Lipinski definition) is 3. The second-order valence-corrected chi connectivity index (χ2v) is 4.03. The van der Waals surface area contributed by atoms with Gasteiger partial charge in [-0.05, 0) is 18.9 Å². The monoisotopic (exact) mass is 267 g/mol. The number of pyridine rings is 1. The lowest BCUT2D eigenvalue weighted by molar-refractivity contribution is -0.135. The third-order valence-electron chi connectivity index (χ3n) is 2.06. The van der Waals surface area contributed by atoms with Crippen molar-refractivity contribution >= 4 is 23.1 Å². The van der Waals surface area contributed by atoms with Gasteiger partial charge in [0.15, 0.2) is 0 Å². The molecule has 96 valence electrons. The Morgan fingerprint density at radius 3 is 2.65 bits per heavy atom. The molecule has 1 aromatic heterocycles. The zero-order valence-electron chi connectivity index (χ0n) is 9.02. The van der Waals surface area contributed by atoms with Crippen molar-refractivity contribution in [3.63, 3.8) is 0 Å². The molecular weight excluding hydrogens is 255 g/mol. The number of hydrogen-bond donors (Lipinski definition) is 2. The summed E-state index contributed by atoms with van der Waals surface area (Å²) in [7, 11) is 0. The van der Waals surface area contributed by atoms with E-state index in [1.165, 1.54) is 12.3 Å². The molecule has 1 aromatic rings. The first-order valence-corrected chi connectivity index (χ1v) is 5.48. The maximum atomic E-state index is 11.8. The molecule has 3 nitrogen and oxygen atoms in total. The lowest BCUT2D eigenvalue weighted by Crippen LogP contribution is -2.10. The molecule has 0 unspecified atom stereocenters. The van der Waals surface area contributed by atoms with Crippen molar-refractivity contribution < 1.29 is 13.2 Å². The van der Waals surface area contributed by atoms with Gasteiger partial charge in [-0.25, -0.2) is 4.98 Å². The molecule has 3 N–H and O–H groups in total. The first-order valence-electron chi connectivity index (χ1n) is 5.10. The summed E-state index contributed by atoms with van der Waals surface area (Å²) in [5.41, 5.74) is 6.00. The van der Waals surface area contributed by atoms with Crippen molar-refractivity contribution in [2.75, 3.05) is 17.6 Å². The number of unbranched alkanes of at least 4 members (excludes halogenated alkanes) is 1. The van der Waals surface area contributed by atoms with Crippen molar-refractivity contribution in [2.24, 2.45) is 0 Å². The van der Waals surface area contributed by atoms with Gasteiger partial charge in [0.1, 0.15) is 5.82 Å². The first-order chi connectivity index (χ1) is 7.88. The number of nitrogens with zero attached hydrogens (tertiary/aromatic N) is 1. The second kappa shape index (κ2) is 5.95. The van der Waals surface area contributed by atoms with Crippen molar-refractivity contribution in [2.45, 2.75) is 25.4 Å². The van der Waals surface area contributed by atoms with Crippen LogP contribution in [-0.2, 0) is 0 Å². The Morgan fingerprint density at radius 2 is 2.06 bits per heavy atom. The molecule has 0 saturated carbocycles. The number of alkyl halides is 3. The lowest BCUT2D eigenvalue weighted by atomic mass is 10.2. The minimum atomic E-state index is -4.09. The summed E-state index contributed by atoms with van der Waals surface area (Å²) in [4.78, 5) is 3.93. The van der Waals surface area contributed by atoms with Crippen molar-refractivity contribution in [1.82, 2.24) is 4.98 Å². The Balaban J connectivity index is 2.27. The largest absolute Gasteiger partial charge is 0.396 e. The number of nitrogen functional groups attached to an aromatic ring is 1. The van der Waals surface area contributed by atoms with Crippen LogP contribution in [0.25, 0.3) is 0 Å². The average Bonchev–Trinajstić information content (AvgIpc) is 2.18. The highest BCUT2D eigenvalue weighted by Crippen LogP contribution is 2.22. The molecule has 0 amide bonds. The van der Waals surface area contributed by atoms with Crippen LogP contribution in [0.2, 0.25) is 5.02 Å². The van der Waals surface area contributed by atoms with E-state index in [1.54, 1.807) is 0 Å². The number of halogens is 4. The minimum absolute atomic E-state index is 0.0873. The van der Waals surface area contributed by atoms with E-state index in [0.717, 1.165) is 0 Å². The van der Waals surface area contributed by atoms with Crippen LogP contribution in [0.5, 0.6) is 0 Å². The molecule has 0 bridgehead atoms. The fraction of sp³-hybridized carbons (Fsp3) is 0.500. The molecule has 0 aliphatic heterocycles. The summed E-state index contributed by atoms with van der Waals surface area (Å²) >= 11 is 5.66. The standard InChI is InChI=1S/C10H13ClF3N3/c11-7-5-8(15)9(17-6-7)16-4-2-1-3-10(12,13)14/h5-6H,1-4,15H2,(H,16,17). The zero-order valence-corrected chi connectivity index (χ0v) is 9.78. The summed E-state index contributed by atoms with van der Waals surface area (Å²) in [5, 5.41) is 3.29. The van der Waals surface area contributed by atoms with Crippen LogP contribution < -0.4 is 11.1 Å². The van der Waals surface area contributed by atoms with Crippen LogP contribution in [0.15, 0.2) is 12.3 Å². The molecule has 0 saturated heterocycles. The SMILES string of the molecule is Nc1cc(Cl)cnc1NCCCCC(F)(F)F. The number of nitrogens with two attached hydrogens (primary N) is 1. The Bertz CT molecular complexity index is 368. The van der Waals surface area contributed by atoms with E-state index < -0.39 is 12.6 Å². The van der Waals surface area contributed by atoms with E-state index in [0.29, 0.717) is 29.5 Å². The molecule has 0 atom stereocenters. The first kappa shape index (κ1) is 13.9. The summed E-state index contributed by atoms with van der Waals surface area (Å²) in [6, 6.07) is 1.53. The highest BCUT2D eigenvalue weighted by Gasteiger charge is 2.25. The molecule has 0 radical (unpaired) electrons. The van der Waals surface area contributed by atoms with Gasteiger partial charge in [0, 0.05) is 19.2 Å². The number of nitrogens with one attached hydrogen (secondary N) is 1. The van der Waals surface area contributed by atoms with Crippen LogP contribution >= 0.6 is 11.6 Å². The second-order valence-electron chi connectivity index (χ2n) is 3.59. The zero-order chi connectivity index (χ0) is 12.9. The lowest BCUT2D eigenvalue weighted by Gasteiger charge is -2.09. The molecule has 7 heteroatoms. The maximum absolute atomic E-state index is 11.8. The highest BCUT2D eigenvalue weighted by molar-refractivity contribution is 6.30. The Kier molecular flexibility index (Phi) is 4.86. The topological polar surface area (TPSA) is 50.9 Å². The summed E-state index contributed by atoms with van der Waals surface area (Å²) < 4.78 is 35.5. The quantitative estimate of drug-likeness (QED) is 0.803.